The third-order valence-corrected chi connectivity index (χ3v) is 4.34. The molecule has 0 saturated carbocycles. The normalized spacial score (nSPS) is 10.5. The largest absolute Gasteiger partial charge is 0.618 e. The van der Waals surface area contributed by atoms with Crippen molar-refractivity contribution in [2.24, 2.45) is 0 Å². The third kappa shape index (κ3) is 3.79. The second-order valence-corrected chi connectivity index (χ2v) is 6.27. The lowest BCUT2D eigenvalue weighted by atomic mass is 10.2. The zero-order valence-electron chi connectivity index (χ0n) is 15.6. The van der Waals surface area contributed by atoms with Crippen molar-refractivity contribution in [3.05, 3.63) is 89.8 Å². The van der Waals surface area contributed by atoms with E-state index in [4.69, 9.17) is 4.74 Å². The number of amides is 1. The third-order valence-electron chi connectivity index (χ3n) is 4.34. The Labute approximate surface area is 167 Å². The van der Waals surface area contributed by atoms with Gasteiger partial charge >= 0.3 is 11.6 Å². The molecule has 0 atom stereocenters. The number of hydrogen-bond acceptors (Lipinski definition) is 5. The molecule has 29 heavy (non-hydrogen) atoms. The quantitative estimate of drug-likeness (QED) is 0.401. The highest BCUT2D eigenvalue weighted by Gasteiger charge is 2.27. The molecule has 0 aliphatic heterocycles. The number of anilines is 3. The van der Waals surface area contributed by atoms with Gasteiger partial charge in [-0.2, -0.15) is 4.73 Å². The first-order valence-corrected chi connectivity index (χ1v) is 8.95. The number of carbonyl (C=O) groups excluding carboxylic acids is 1. The van der Waals surface area contributed by atoms with Crippen LogP contribution in [0.5, 0.6) is 5.75 Å². The maximum atomic E-state index is 13.2. The lowest BCUT2D eigenvalue weighted by molar-refractivity contribution is -0.578. The summed E-state index contributed by atoms with van der Waals surface area (Å²) in [5.41, 5.74) is 1.82. The van der Waals surface area contributed by atoms with Gasteiger partial charge in [-0.1, -0.05) is 36.4 Å². The van der Waals surface area contributed by atoms with E-state index in [-0.39, 0.29) is 17.0 Å². The molecule has 0 unspecified atom stereocenters. The van der Waals surface area contributed by atoms with Crippen LogP contribution in [0.25, 0.3) is 11.0 Å². The maximum absolute atomic E-state index is 13.2. The predicted molar refractivity (Wildman–Crippen MR) is 111 cm³/mol. The first-order valence-electron chi connectivity index (χ1n) is 8.95. The summed E-state index contributed by atoms with van der Waals surface area (Å²) in [5.74, 6) is 0.0984. The number of rotatable bonds is 5. The van der Waals surface area contributed by atoms with Crippen molar-refractivity contribution in [1.29, 1.82) is 0 Å². The number of hydrogen-bond donors (Lipinski definition) is 2. The summed E-state index contributed by atoms with van der Waals surface area (Å²) in [4.78, 5) is 17.5. The van der Waals surface area contributed by atoms with E-state index in [2.05, 4.69) is 15.6 Å². The predicted octanol–water partition coefficient (Wildman–Crippen LogP) is 3.87. The molecule has 144 valence electrons. The summed E-state index contributed by atoms with van der Waals surface area (Å²) in [6.45, 7) is 0. The number of benzene rings is 3. The molecule has 0 saturated heterocycles. The van der Waals surface area contributed by atoms with Crippen LogP contribution in [0.1, 0.15) is 10.5 Å². The van der Waals surface area contributed by atoms with E-state index in [9.17, 15) is 10.0 Å². The Morgan fingerprint density at radius 2 is 1.62 bits per heavy atom. The number of nitrogens with zero attached hydrogens (tertiary/aromatic N) is 2. The summed E-state index contributed by atoms with van der Waals surface area (Å²) >= 11 is 0. The zero-order chi connectivity index (χ0) is 20.2. The molecule has 0 spiro atoms. The number of nitrogens with one attached hydrogen (secondary N) is 2. The van der Waals surface area contributed by atoms with Gasteiger partial charge in [0.15, 0.2) is 0 Å². The maximum Gasteiger partial charge on any atom is 0.325 e. The monoisotopic (exact) mass is 386 g/mol. The molecule has 0 aliphatic rings. The van der Waals surface area contributed by atoms with Crippen LogP contribution in [0, 0.1) is 5.21 Å². The molecule has 3 aromatic carbocycles. The van der Waals surface area contributed by atoms with Gasteiger partial charge in [-0.15, -0.1) is 0 Å². The van der Waals surface area contributed by atoms with Gasteiger partial charge in [-0.3, -0.25) is 4.79 Å². The van der Waals surface area contributed by atoms with Crippen LogP contribution in [0.15, 0.2) is 78.9 Å². The van der Waals surface area contributed by atoms with Gasteiger partial charge in [0.25, 0.3) is 0 Å². The summed E-state index contributed by atoms with van der Waals surface area (Å²) in [5, 5.41) is 19.0. The van der Waals surface area contributed by atoms with Gasteiger partial charge in [0.05, 0.1) is 13.2 Å². The number of methoxy groups -OCH3 is 1. The van der Waals surface area contributed by atoms with Gasteiger partial charge in [0.1, 0.15) is 11.3 Å². The average molecular weight is 386 g/mol. The van der Waals surface area contributed by atoms with Crippen LogP contribution < -0.4 is 20.1 Å². The molecule has 0 fully saturated rings. The van der Waals surface area contributed by atoms with E-state index in [1.54, 1.807) is 42.5 Å². The second-order valence-electron chi connectivity index (χ2n) is 6.27. The molecular weight excluding hydrogens is 368 g/mol. The minimum absolute atomic E-state index is 0.140. The van der Waals surface area contributed by atoms with Crippen LogP contribution >= 0.6 is 0 Å². The van der Waals surface area contributed by atoms with Crippen LogP contribution in [0.3, 0.4) is 0 Å². The van der Waals surface area contributed by atoms with E-state index >= 15 is 0 Å². The van der Waals surface area contributed by atoms with Crippen LogP contribution in [-0.4, -0.2) is 18.0 Å². The number of aromatic nitrogens is 2. The van der Waals surface area contributed by atoms with E-state index in [0.717, 1.165) is 0 Å². The van der Waals surface area contributed by atoms with Crippen molar-refractivity contribution in [2.75, 3.05) is 17.7 Å². The Balaban J connectivity index is 1.84. The van der Waals surface area contributed by atoms with Gasteiger partial charge in [0, 0.05) is 11.4 Å². The smallest absolute Gasteiger partial charge is 0.325 e. The molecule has 0 radical (unpaired) electrons. The van der Waals surface area contributed by atoms with Gasteiger partial charge in [0.2, 0.25) is 11.3 Å². The van der Waals surface area contributed by atoms with Gasteiger partial charge in [-0.25, -0.2) is 4.98 Å². The molecule has 4 rings (SSSR count). The molecule has 4 aromatic rings. The van der Waals surface area contributed by atoms with Crippen LogP contribution in [0.2, 0.25) is 0 Å². The average Bonchev–Trinajstić information content (AvgIpc) is 2.75. The molecule has 0 bridgehead atoms. The fourth-order valence-corrected chi connectivity index (χ4v) is 2.93. The SMILES string of the molecule is COc1ccc2nc(Nc3ccccc3)c(C(=O)Nc3ccccc3)[n+]([O-])c2c1. The molecule has 7 heteroatoms. The molecule has 7 nitrogen and oxygen atoms in total. The number of fused-ring (bicyclic) bond motifs is 1. The molecule has 1 heterocycles. The fourth-order valence-electron chi connectivity index (χ4n) is 2.93. The highest BCUT2D eigenvalue weighted by molar-refractivity contribution is 6.06. The summed E-state index contributed by atoms with van der Waals surface area (Å²) in [7, 11) is 1.51. The lowest BCUT2D eigenvalue weighted by Gasteiger charge is -2.13. The standard InChI is InChI=1S/C22H18N4O3/c1-29-17-12-13-18-19(14-17)26(28)20(22(27)24-16-10-6-3-7-11-16)21(25-18)23-15-8-4-2-5-9-15/h2-14H,1H3,(H,23,25)(H,24,27). The Kier molecular flexibility index (Phi) is 4.94. The topological polar surface area (TPSA) is 90.2 Å². The second kappa shape index (κ2) is 7.85. The van der Waals surface area contributed by atoms with Crippen LogP contribution in [0.4, 0.5) is 17.2 Å². The summed E-state index contributed by atoms with van der Waals surface area (Å²) < 4.78 is 5.78. The Hall–Kier alpha value is -4.13. The van der Waals surface area contributed by atoms with Gasteiger partial charge < -0.3 is 20.6 Å². The van der Waals surface area contributed by atoms with Crippen molar-refractivity contribution in [3.8, 4) is 5.75 Å². The molecular formula is C22H18N4O3. The van der Waals surface area contributed by atoms with Crippen molar-refractivity contribution in [1.82, 2.24) is 4.98 Å². The Bertz CT molecular complexity index is 1170. The first kappa shape index (κ1) is 18.2. The molecule has 2 N–H and O–H groups in total. The lowest BCUT2D eigenvalue weighted by Crippen LogP contribution is -2.39. The number of ether oxygens (including phenoxy) is 1. The van der Waals surface area contributed by atoms with Crippen molar-refractivity contribution >= 4 is 34.1 Å². The number of carbonyl (C=O) groups is 1. The summed E-state index contributed by atoms with van der Waals surface area (Å²) in [6, 6.07) is 23.1. The zero-order valence-corrected chi connectivity index (χ0v) is 15.6. The summed E-state index contributed by atoms with van der Waals surface area (Å²) in [6.07, 6.45) is 0. The highest BCUT2D eigenvalue weighted by Crippen LogP contribution is 2.23. The fraction of sp³-hybridized carbons (Fsp3) is 0.0455. The first-order chi connectivity index (χ1) is 14.2. The van der Waals surface area contributed by atoms with E-state index < -0.39 is 5.91 Å². The van der Waals surface area contributed by atoms with E-state index in [1.165, 1.54) is 7.11 Å². The van der Waals surface area contributed by atoms with E-state index in [1.807, 2.05) is 36.4 Å². The highest BCUT2D eigenvalue weighted by atomic mass is 16.5. The molecule has 0 aliphatic carbocycles. The Morgan fingerprint density at radius 1 is 0.966 bits per heavy atom. The van der Waals surface area contributed by atoms with Crippen molar-refractivity contribution < 1.29 is 14.3 Å². The van der Waals surface area contributed by atoms with Crippen LogP contribution in [-0.2, 0) is 0 Å². The Morgan fingerprint density at radius 3 is 2.28 bits per heavy atom. The van der Waals surface area contributed by atoms with Crippen molar-refractivity contribution in [2.45, 2.75) is 0 Å². The number of para-hydroxylation sites is 2. The molecule has 1 amide bonds. The molecule has 1 aromatic heterocycles. The van der Waals surface area contributed by atoms with Crippen molar-refractivity contribution in [3.63, 3.8) is 0 Å². The van der Waals surface area contributed by atoms with E-state index in [0.29, 0.717) is 27.4 Å². The minimum Gasteiger partial charge on any atom is -0.618 e. The minimum atomic E-state index is -0.568. The van der Waals surface area contributed by atoms with Gasteiger partial charge in [-0.05, 0) is 36.4 Å².